The van der Waals surface area contributed by atoms with Gasteiger partial charge in [0.05, 0.1) is 0 Å². The van der Waals surface area contributed by atoms with E-state index >= 15 is 0 Å². The molecule has 1 aliphatic carbocycles. The lowest BCUT2D eigenvalue weighted by Crippen LogP contribution is -2.38. The quantitative estimate of drug-likeness (QED) is 0.600. The number of rotatable bonds is 6. The van der Waals surface area contributed by atoms with E-state index < -0.39 is 6.03 Å². The summed E-state index contributed by atoms with van der Waals surface area (Å²) in [5, 5.41) is 5.33. The number of hydrogen-bond acceptors (Lipinski definition) is 3. The van der Waals surface area contributed by atoms with Crippen LogP contribution in [0.25, 0.3) is 0 Å². The molecule has 20 heavy (non-hydrogen) atoms. The van der Waals surface area contributed by atoms with Gasteiger partial charge in [-0.3, -0.25) is 4.79 Å². The monoisotopic (exact) mass is 276 g/mol. The zero-order chi connectivity index (χ0) is 14.5. The maximum atomic E-state index is 11.9. The van der Waals surface area contributed by atoms with Gasteiger partial charge in [0, 0.05) is 24.7 Å². The van der Waals surface area contributed by atoms with Crippen molar-refractivity contribution in [3.63, 3.8) is 0 Å². The van der Waals surface area contributed by atoms with Crippen LogP contribution in [0, 0.1) is 5.92 Å². The molecule has 6 N–H and O–H groups in total. The van der Waals surface area contributed by atoms with Gasteiger partial charge < -0.3 is 22.1 Å². The summed E-state index contributed by atoms with van der Waals surface area (Å²) < 4.78 is 0. The first kappa shape index (κ1) is 14.3. The molecular weight excluding hydrogens is 256 g/mol. The number of carbonyl (C=O) groups is 2. The van der Waals surface area contributed by atoms with Crippen LogP contribution < -0.4 is 22.1 Å². The summed E-state index contributed by atoms with van der Waals surface area (Å²) in [6.07, 6.45) is 2.33. The Balaban J connectivity index is 1.81. The second-order valence-corrected chi connectivity index (χ2v) is 5.13. The third kappa shape index (κ3) is 4.24. The largest absolute Gasteiger partial charge is 0.352 e. The smallest absolute Gasteiger partial charge is 0.312 e. The normalized spacial score (nSPS) is 15.4. The second-order valence-electron chi connectivity index (χ2n) is 5.13. The molecule has 0 heterocycles. The molecule has 1 aromatic rings. The zero-order valence-electron chi connectivity index (χ0n) is 11.3. The number of primary amides is 1. The van der Waals surface area contributed by atoms with Crippen LogP contribution >= 0.6 is 0 Å². The van der Waals surface area contributed by atoms with E-state index in [0.717, 1.165) is 5.56 Å². The van der Waals surface area contributed by atoms with Gasteiger partial charge in [-0.05, 0) is 36.5 Å². The minimum atomic E-state index is -0.569. The Bertz CT molecular complexity index is 482. The first-order chi connectivity index (χ1) is 9.56. The second kappa shape index (κ2) is 6.38. The average Bonchev–Trinajstić information content (AvgIpc) is 3.27. The minimum absolute atomic E-state index is 0.0537. The minimum Gasteiger partial charge on any atom is -0.352 e. The van der Waals surface area contributed by atoms with Crippen LogP contribution in [0.3, 0.4) is 0 Å². The van der Waals surface area contributed by atoms with Gasteiger partial charge in [0.25, 0.3) is 5.91 Å². The van der Waals surface area contributed by atoms with Crippen LogP contribution in [-0.2, 0) is 6.54 Å². The third-order valence-electron chi connectivity index (χ3n) is 3.41. The molecule has 1 unspecified atom stereocenters. The molecule has 6 nitrogen and oxygen atoms in total. The Morgan fingerprint density at radius 1 is 1.20 bits per heavy atom. The lowest BCUT2D eigenvalue weighted by Gasteiger charge is -2.11. The van der Waals surface area contributed by atoms with E-state index in [-0.39, 0.29) is 11.9 Å². The molecule has 108 valence electrons. The Hall–Kier alpha value is -2.08. The Morgan fingerprint density at radius 3 is 2.40 bits per heavy atom. The molecule has 0 radical (unpaired) electrons. The Labute approximate surface area is 117 Å². The molecule has 6 heteroatoms. The fraction of sp³-hybridized carbons (Fsp3) is 0.429. The highest BCUT2D eigenvalue weighted by Crippen LogP contribution is 2.31. The molecule has 1 saturated carbocycles. The van der Waals surface area contributed by atoms with Crippen LogP contribution in [0.1, 0.15) is 28.8 Å². The standard InChI is InChI=1S/C14H20N4O2/c15-12(10-5-6-10)8-17-13(19)11-3-1-9(2-4-11)7-18-14(16)20/h1-4,10,12H,5-8,15H2,(H,17,19)(H3,16,18,20). The van der Waals surface area contributed by atoms with E-state index in [1.165, 1.54) is 12.8 Å². The highest BCUT2D eigenvalue weighted by atomic mass is 16.2. The summed E-state index contributed by atoms with van der Waals surface area (Å²) >= 11 is 0. The first-order valence-electron chi connectivity index (χ1n) is 6.72. The fourth-order valence-electron chi connectivity index (χ4n) is 1.97. The summed E-state index contributed by atoms with van der Waals surface area (Å²) in [5.41, 5.74) is 12.4. The summed E-state index contributed by atoms with van der Waals surface area (Å²) in [5.74, 6) is 0.438. The Morgan fingerprint density at radius 2 is 1.85 bits per heavy atom. The summed E-state index contributed by atoms with van der Waals surface area (Å²) in [6.45, 7) is 0.859. The van der Waals surface area contributed by atoms with Crippen molar-refractivity contribution in [3.8, 4) is 0 Å². The van der Waals surface area contributed by atoms with E-state index in [4.69, 9.17) is 11.5 Å². The van der Waals surface area contributed by atoms with Crippen molar-refractivity contribution < 1.29 is 9.59 Å². The molecular formula is C14H20N4O2. The lowest BCUT2D eigenvalue weighted by molar-refractivity contribution is 0.0950. The van der Waals surface area contributed by atoms with Crippen molar-refractivity contribution in [3.05, 3.63) is 35.4 Å². The average molecular weight is 276 g/mol. The van der Waals surface area contributed by atoms with E-state index in [0.29, 0.717) is 24.6 Å². The van der Waals surface area contributed by atoms with Crippen LogP contribution in [0.15, 0.2) is 24.3 Å². The molecule has 0 aromatic heterocycles. The predicted molar refractivity (Wildman–Crippen MR) is 75.9 cm³/mol. The number of urea groups is 1. The zero-order valence-corrected chi connectivity index (χ0v) is 11.3. The van der Waals surface area contributed by atoms with Gasteiger partial charge in [0.2, 0.25) is 0 Å². The van der Waals surface area contributed by atoms with Gasteiger partial charge in [-0.15, -0.1) is 0 Å². The number of nitrogens with two attached hydrogens (primary N) is 2. The van der Waals surface area contributed by atoms with Crippen LogP contribution in [-0.4, -0.2) is 24.5 Å². The molecule has 2 rings (SSSR count). The predicted octanol–water partition coefficient (Wildman–Crippen LogP) is 0.322. The maximum absolute atomic E-state index is 11.9. The molecule has 3 amide bonds. The van der Waals surface area contributed by atoms with Gasteiger partial charge in [0.15, 0.2) is 0 Å². The van der Waals surface area contributed by atoms with Crippen LogP contribution in [0.5, 0.6) is 0 Å². The van der Waals surface area contributed by atoms with Crippen molar-refractivity contribution in [1.29, 1.82) is 0 Å². The number of amides is 3. The molecule has 1 fully saturated rings. The summed E-state index contributed by atoms with van der Waals surface area (Å²) in [7, 11) is 0. The van der Waals surface area contributed by atoms with Gasteiger partial charge >= 0.3 is 6.03 Å². The van der Waals surface area contributed by atoms with Gasteiger partial charge in [-0.25, -0.2) is 4.79 Å². The molecule has 1 atom stereocenters. The molecule has 0 bridgehead atoms. The van der Waals surface area contributed by atoms with E-state index in [1.54, 1.807) is 24.3 Å². The van der Waals surface area contributed by atoms with Gasteiger partial charge in [-0.2, -0.15) is 0 Å². The Kier molecular flexibility index (Phi) is 4.57. The van der Waals surface area contributed by atoms with Gasteiger partial charge in [0.1, 0.15) is 0 Å². The SMILES string of the molecule is NC(=O)NCc1ccc(C(=O)NCC(N)C2CC2)cc1. The van der Waals surface area contributed by atoms with Crippen molar-refractivity contribution >= 4 is 11.9 Å². The molecule has 1 aliphatic rings. The molecule has 0 spiro atoms. The van der Waals surface area contributed by atoms with Crippen LogP contribution in [0.4, 0.5) is 4.79 Å². The number of carbonyl (C=O) groups excluding carboxylic acids is 2. The van der Waals surface area contributed by atoms with Gasteiger partial charge in [-0.1, -0.05) is 12.1 Å². The number of nitrogens with one attached hydrogen (secondary N) is 2. The number of hydrogen-bond donors (Lipinski definition) is 4. The van der Waals surface area contributed by atoms with Crippen LogP contribution in [0.2, 0.25) is 0 Å². The maximum Gasteiger partial charge on any atom is 0.312 e. The highest BCUT2D eigenvalue weighted by molar-refractivity contribution is 5.94. The molecule has 0 aliphatic heterocycles. The van der Waals surface area contributed by atoms with Crippen molar-refractivity contribution in [2.75, 3.05) is 6.54 Å². The highest BCUT2D eigenvalue weighted by Gasteiger charge is 2.28. The van der Waals surface area contributed by atoms with Crippen molar-refractivity contribution in [1.82, 2.24) is 10.6 Å². The topological polar surface area (TPSA) is 110 Å². The van der Waals surface area contributed by atoms with E-state index in [9.17, 15) is 9.59 Å². The molecule has 0 saturated heterocycles. The van der Waals surface area contributed by atoms with E-state index in [1.807, 2.05) is 0 Å². The van der Waals surface area contributed by atoms with E-state index in [2.05, 4.69) is 10.6 Å². The fourth-order valence-corrected chi connectivity index (χ4v) is 1.97. The summed E-state index contributed by atoms with van der Waals surface area (Å²) in [4.78, 5) is 22.5. The third-order valence-corrected chi connectivity index (χ3v) is 3.41. The number of benzene rings is 1. The lowest BCUT2D eigenvalue weighted by atomic mass is 10.1. The summed E-state index contributed by atoms with van der Waals surface area (Å²) in [6, 6.07) is 6.49. The van der Waals surface area contributed by atoms with Crippen molar-refractivity contribution in [2.45, 2.75) is 25.4 Å². The van der Waals surface area contributed by atoms with Crippen molar-refractivity contribution in [2.24, 2.45) is 17.4 Å². The molecule has 1 aromatic carbocycles. The first-order valence-corrected chi connectivity index (χ1v) is 6.72.